The number of hydrogen-bond acceptors (Lipinski definition) is 4. The number of carbonyl (C=O) groups is 1. The highest BCUT2D eigenvalue weighted by atomic mass is 16.7. The van der Waals surface area contributed by atoms with Gasteiger partial charge in [-0.05, 0) is 77.2 Å². The molecule has 0 saturated carbocycles. The fourth-order valence-corrected chi connectivity index (χ4v) is 7.00. The molecule has 5 nitrogen and oxygen atoms in total. The molecule has 0 aromatic heterocycles. The molecule has 0 radical (unpaired) electrons. The Morgan fingerprint density at radius 1 is 0.725 bits per heavy atom. The van der Waals surface area contributed by atoms with Gasteiger partial charge in [0, 0.05) is 31.8 Å². The molecule has 1 fully saturated rings. The monoisotopic (exact) mass is 712 g/mol. The van der Waals surface area contributed by atoms with Crippen molar-refractivity contribution < 1.29 is 19.0 Å². The molecule has 1 rings (SSSR count). The van der Waals surface area contributed by atoms with Crippen LogP contribution in [0.15, 0.2) is 59.8 Å². The van der Waals surface area contributed by atoms with Crippen molar-refractivity contribution in [3.63, 3.8) is 0 Å². The number of unbranched alkanes of at least 4 members (excludes halogenated alkanes) is 12. The van der Waals surface area contributed by atoms with Gasteiger partial charge in [-0.3, -0.25) is 0 Å². The van der Waals surface area contributed by atoms with E-state index in [0.29, 0.717) is 26.1 Å². The Bertz CT molecular complexity index is 995. The predicted octanol–water partition coefficient (Wildman–Crippen LogP) is 14.0. The molecule has 0 spiro atoms. The summed E-state index contributed by atoms with van der Waals surface area (Å²) in [6, 6.07) is 0. The SMILES string of the molecule is C/C=C\C=C\C(COC(=O)N1CCCCC(OCCCCCCCCC)(OCCCCCCCC/C=C\CC)CC1)C(/C=C\C)=C(/CC)CCC. The molecular formula is C46H81NO4. The van der Waals surface area contributed by atoms with Crippen molar-refractivity contribution in [1.29, 1.82) is 0 Å². The van der Waals surface area contributed by atoms with Gasteiger partial charge < -0.3 is 19.1 Å². The molecule has 2 atom stereocenters. The third-order valence-corrected chi connectivity index (χ3v) is 10.1. The Kier molecular flexibility index (Phi) is 29.9. The van der Waals surface area contributed by atoms with E-state index in [2.05, 4.69) is 71.1 Å². The van der Waals surface area contributed by atoms with Gasteiger partial charge in [0.05, 0.1) is 13.2 Å². The number of allylic oxidation sites excluding steroid dienone is 8. The Balaban J connectivity index is 2.89. The van der Waals surface area contributed by atoms with Crippen molar-refractivity contribution in [3.8, 4) is 0 Å². The van der Waals surface area contributed by atoms with Crippen LogP contribution in [-0.4, -0.2) is 49.7 Å². The summed E-state index contributed by atoms with van der Waals surface area (Å²) in [5, 5.41) is 0. The summed E-state index contributed by atoms with van der Waals surface area (Å²) in [6.07, 6.45) is 42.3. The van der Waals surface area contributed by atoms with Crippen molar-refractivity contribution in [1.82, 2.24) is 4.90 Å². The highest BCUT2D eigenvalue weighted by Gasteiger charge is 2.35. The van der Waals surface area contributed by atoms with Gasteiger partial charge in [-0.1, -0.05) is 153 Å². The van der Waals surface area contributed by atoms with E-state index in [1.807, 2.05) is 24.0 Å². The Morgan fingerprint density at radius 3 is 2.00 bits per heavy atom. The molecule has 1 aliphatic heterocycles. The van der Waals surface area contributed by atoms with Gasteiger partial charge in [0.2, 0.25) is 0 Å². The van der Waals surface area contributed by atoms with E-state index in [0.717, 1.165) is 71.0 Å². The summed E-state index contributed by atoms with van der Waals surface area (Å²) in [5.41, 5.74) is 2.71. The van der Waals surface area contributed by atoms with Crippen LogP contribution in [0.3, 0.4) is 0 Å². The maximum atomic E-state index is 13.7. The molecule has 1 heterocycles. The van der Waals surface area contributed by atoms with E-state index >= 15 is 0 Å². The van der Waals surface area contributed by atoms with Crippen LogP contribution in [-0.2, 0) is 14.2 Å². The highest BCUT2D eigenvalue weighted by molar-refractivity contribution is 5.67. The molecule has 1 saturated heterocycles. The smallest absolute Gasteiger partial charge is 0.409 e. The molecule has 51 heavy (non-hydrogen) atoms. The fraction of sp³-hybridized carbons (Fsp3) is 0.761. The standard InChI is InChI=1S/C46H81NO4/c1-7-13-16-18-20-21-22-24-26-31-40-51-46(50-39-30-25-23-19-17-14-8-2)35-28-29-37-47(38-36-46)45(48)49-41-43(34-27-15-9-3)44(33-11-5)42(12-6)32-10-4/h9,11,13,15-16,27,33-34,43H,7-8,10,12,14,17-26,28-32,35-41H2,1-6H3/b15-9-,16-13-,33-11-,34-27+,44-42-. The van der Waals surface area contributed by atoms with Gasteiger partial charge in [0.15, 0.2) is 5.79 Å². The molecule has 1 aliphatic rings. The minimum atomic E-state index is -0.622. The number of nitrogens with zero attached hydrogens (tertiary/aromatic N) is 1. The molecule has 294 valence electrons. The topological polar surface area (TPSA) is 48.0 Å². The number of hydrogen-bond donors (Lipinski definition) is 0. The molecule has 0 N–H and O–H groups in total. The van der Waals surface area contributed by atoms with Crippen LogP contribution in [0.1, 0.15) is 183 Å². The number of rotatable bonds is 29. The quantitative estimate of drug-likeness (QED) is 0.0335. The zero-order chi connectivity index (χ0) is 37.3. The number of carbonyl (C=O) groups excluding carboxylic acids is 1. The van der Waals surface area contributed by atoms with Crippen LogP contribution in [0.2, 0.25) is 0 Å². The van der Waals surface area contributed by atoms with E-state index in [1.165, 1.54) is 88.2 Å². The summed E-state index contributed by atoms with van der Waals surface area (Å²) < 4.78 is 19.5. The fourth-order valence-electron chi connectivity index (χ4n) is 7.00. The van der Waals surface area contributed by atoms with Gasteiger partial charge in [-0.15, -0.1) is 0 Å². The average molecular weight is 712 g/mol. The maximum Gasteiger partial charge on any atom is 0.409 e. The van der Waals surface area contributed by atoms with Crippen LogP contribution < -0.4 is 0 Å². The first-order valence-electron chi connectivity index (χ1n) is 21.5. The van der Waals surface area contributed by atoms with Crippen molar-refractivity contribution in [2.75, 3.05) is 32.9 Å². The van der Waals surface area contributed by atoms with Crippen molar-refractivity contribution in [3.05, 3.63) is 59.8 Å². The zero-order valence-corrected chi connectivity index (χ0v) is 34.4. The van der Waals surface area contributed by atoms with Crippen molar-refractivity contribution >= 4 is 6.09 Å². The summed E-state index contributed by atoms with van der Waals surface area (Å²) >= 11 is 0. The third-order valence-electron chi connectivity index (χ3n) is 10.1. The largest absolute Gasteiger partial charge is 0.448 e. The van der Waals surface area contributed by atoms with Crippen LogP contribution in [0, 0.1) is 5.92 Å². The average Bonchev–Trinajstić information content (AvgIpc) is 3.13. The first-order chi connectivity index (χ1) is 25.0. The minimum absolute atomic E-state index is 0.0169. The molecule has 2 unspecified atom stereocenters. The zero-order valence-electron chi connectivity index (χ0n) is 34.4. The lowest BCUT2D eigenvalue weighted by Crippen LogP contribution is -2.44. The second-order valence-corrected chi connectivity index (χ2v) is 14.5. The van der Waals surface area contributed by atoms with Crippen molar-refractivity contribution in [2.24, 2.45) is 5.92 Å². The van der Waals surface area contributed by atoms with E-state index < -0.39 is 5.79 Å². The van der Waals surface area contributed by atoms with Gasteiger partial charge >= 0.3 is 6.09 Å². The Hall–Kier alpha value is -2.11. The van der Waals surface area contributed by atoms with Gasteiger partial charge in [0.1, 0.15) is 6.61 Å². The number of likely N-dealkylation sites (tertiary alicyclic amines) is 1. The molecule has 0 bridgehead atoms. The van der Waals surface area contributed by atoms with Gasteiger partial charge in [-0.25, -0.2) is 4.79 Å². The minimum Gasteiger partial charge on any atom is -0.448 e. The lowest BCUT2D eigenvalue weighted by molar-refractivity contribution is -0.249. The molecule has 0 aromatic rings. The second kappa shape index (κ2) is 32.5. The number of amides is 1. The Morgan fingerprint density at radius 2 is 1.39 bits per heavy atom. The second-order valence-electron chi connectivity index (χ2n) is 14.5. The molecular weight excluding hydrogens is 631 g/mol. The predicted molar refractivity (Wildman–Crippen MR) is 220 cm³/mol. The molecule has 1 amide bonds. The van der Waals surface area contributed by atoms with Gasteiger partial charge in [0.25, 0.3) is 0 Å². The first-order valence-corrected chi connectivity index (χ1v) is 21.5. The third kappa shape index (κ3) is 22.5. The Labute approximate surface area is 316 Å². The summed E-state index contributed by atoms with van der Waals surface area (Å²) in [7, 11) is 0. The van der Waals surface area contributed by atoms with Gasteiger partial charge in [-0.2, -0.15) is 0 Å². The van der Waals surface area contributed by atoms with Crippen LogP contribution >= 0.6 is 0 Å². The normalized spacial score (nSPS) is 18.6. The summed E-state index contributed by atoms with van der Waals surface area (Å²) in [6.45, 7) is 16.1. The summed E-state index contributed by atoms with van der Waals surface area (Å²) in [4.78, 5) is 15.6. The highest BCUT2D eigenvalue weighted by Crippen LogP contribution is 2.30. The summed E-state index contributed by atoms with van der Waals surface area (Å²) in [5.74, 6) is -0.606. The van der Waals surface area contributed by atoms with Crippen LogP contribution in [0.25, 0.3) is 0 Å². The maximum absolute atomic E-state index is 13.7. The number of ether oxygens (including phenoxy) is 3. The van der Waals surface area contributed by atoms with Crippen LogP contribution in [0.5, 0.6) is 0 Å². The first kappa shape index (κ1) is 46.9. The molecule has 0 aliphatic carbocycles. The van der Waals surface area contributed by atoms with E-state index in [-0.39, 0.29) is 12.0 Å². The van der Waals surface area contributed by atoms with Crippen LogP contribution in [0.4, 0.5) is 4.79 Å². The lowest BCUT2D eigenvalue weighted by atomic mass is 9.90. The van der Waals surface area contributed by atoms with E-state index in [9.17, 15) is 4.79 Å². The molecule has 0 aromatic carbocycles. The lowest BCUT2D eigenvalue weighted by Gasteiger charge is -2.38. The van der Waals surface area contributed by atoms with E-state index in [1.54, 1.807) is 0 Å². The molecule has 5 heteroatoms. The van der Waals surface area contributed by atoms with Crippen molar-refractivity contribution in [2.45, 2.75) is 189 Å². The van der Waals surface area contributed by atoms with E-state index in [4.69, 9.17) is 14.2 Å².